The van der Waals surface area contributed by atoms with Gasteiger partial charge in [-0.25, -0.2) is 4.79 Å². The molecular formula is C22H31NO6. The van der Waals surface area contributed by atoms with E-state index in [4.69, 9.17) is 18.9 Å². The molecule has 7 nitrogen and oxygen atoms in total. The number of esters is 1. The summed E-state index contributed by atoms with van der Waals surface area (Å²) in [5.41, 5.74) is 0.443. The third kappa shape index (κ3) is 1.80. The molecule has 6 aliphatic heterocycles. The van der Waals surface area contributed by atoms with E-state index in [-0.39, 0.29) is 29.4 Å². The molecule has 0 amide bonds. The lowest BCUT2D eigenvalue weighted by Crippen LogP contribution is -2.61. The van der Waals surface area contributed by atoms with Crippen LogP contribution in [0.5, 0.6) is 0 Å². The van der Waals surface area contributed by atoms with Gasteiger partial charge < -0.3 is 24.1 Å². The van der Waals surface area contributed by atoms with Crippen molar-refractivity contribution in [1.29, 1.82) is 0 Å². The van der Waals surface area contributed by atoms with Crippen LogP contribution < -0.4 is 0 Å². The van der Waals surface area contributed by atoms with Crippen LogP contribution in [0.2, 0.25) is 0 Å². The predicted octanol–water partition coefficient (Wildman–Crippen LogP) is 1.94. The average Bonchev–Trinajstić information content (AvgIpc) is 3.38. The molecule has 160 valence electrons. The summed E-state index contributed by atoms with van der Waals surface area (Å²) in [4.78, 5) is 14.9. The van der Waals surface area contributed by atoms with Gasteiger partial charge in [0.25, 0.3) is 0 Å². The van der Waals surface area contributed by atoms with Crippen LogP contribution in [-0.2, 0) is 23.7 Å². The number of piperidine rings is 1. The molecule has 0 saturated carbocycles. The number of hydrogen-bond donors (Lipinski definition) is 1. The van der Waals surface area contributed by atoms with Gasteiger partial charge in [-0.2, -0.15) is 0 Å². The van der Waals surface area contributed by atoms with Gasteiger partial charge in [-0.1, -0.05) is 26.7 Å². The fourth-order valence-electron chi connectivity index (χ4n) is 8.05. The number of cyclic esters (lactones) is 1. The summed E-state index contributed by atoms with van der Waals surface area (Å²) in [7, 11) is 1.51. The predicted molar refractivity (Wildman–Crippen MR) is 101 cm³/mol. The first-order valence-electron chi connectivity index (χ1n) is 11.2. The van der Waals surface area contributed by atoms with Crippen molar-refractivity contribution >= 4 is 5.97 Å². The van der Waals surface area contributed by atoms with Crippen LogP contribution in [0.4, 0.5) is 0 Å². The second kappa shape index (κ2) is 5.55. The first kappa shape index (κ1) is 18.6. The van der Waals surface area contributed by atoms with E-state index in [1.807, 2.05) is 6.92 Å². The molecule has 5 bridgehead atoms. The quantitative estimate of drug-likeness (QED) is 0.701. The minimum atomic E-state index is -1.65. The molecule has 5 fully saturated rings. The highest BCUT2D eigenvalue weighted by molar-refractivity contribution is 5.91. The van der Waals surface area contributed by atoms with Crippen LogP contribution in [0, 0.1) is 17.8 Å². The topological polar surface area (TPSA) is 77.5 Å². The lowest BCUT2D eigenvalue weighted by Gasteiger charge is -2.48. The molecule has 0 radical (unpaired) electrons. The molecule has 6 heterocycles. The first-order chi connectivity index (χ1) is 13.8. The third-order valence-corrected chi connectivity index (χ3v) is 9.08. The van der Waals surface area contributed by atoms with Crippen molar-refractivity contribution < 1.29 is 28.8 Å². The van der Waals surface area contributed by atoms with Gasteiger partial charge in [0, 0.05) is 23.8 Å². The highest BCUT2D eigenvalue weighted by Crippen LogP contribution is 2.74. The van der Waals surface area contributed by atoms with Crippen molar-refractivity contribution in [3.05, 3.63) is 11.3 Å². The van der Waals surface area contributed by atoms with Crippen molar-refractivity contribution in [2.24, 2.45) is 17.8 Å². The van der Waals surface area contributed by atoms with Crippen LogP contribution >= 0.6 is 0 Å². The molecule has 0 aromatic heterocycles. The first-order valence-corrected chi connectivity index (χ1v) is 11.2. The number of aliphatic hydroxyl groups is 1. The third-order valence-electron chi connectivity index (χ3n) is 9.08. The van der Waals surface area contributed by atoms with Gasteiger partial charge in [0.05, 0.1) is 24.3 Å². The van der Waals surface area contributed by atoms with E-state index in [0.29, 0.717) is 17.4 Å². The molecule has 5 saturated heterocycles. The number of nitrogens with zero attached hydrogens (tertiary/aromatic N) is 1. The van der Waals surface area contributed by atoms with Gasteiger partial charge in [-0.15, -0.1) is 0 Å². The van der Waals surface area contributed by atoms with E-state index >= 15 is 0 Å². The van der Waals surface area contributed by atoms with E-state index < -0.39 is 23.6 Å². The van der Waals surface area contributed by atoms with Gasteiger partial charge in [-0.05, 0) is 32.7 Å². The van der Waals surface area contributed by atoms with E-state index in [0.717, 1.165) is 32.2 Å². The summed E-state index contributed by atoms with van der Waals surface area (Å²) in [5, 5.41) is 11.9. The number of rotatable bonds is 5. The Balaban J connectivity index is 1.43. The number of unbranched alkanes of at least 4 members (excludes halogenated alkanes) is 1. The Hall–Kier alpha value is -1.15. The van der Waals surface area contributed by atoms with Gasteiger partial charge >= 0.3 is 5.97 Å². The smallest absolute Gasteiger partial charge is 0.338 e. The molecule has 6 aliphatic rings. The summed E-state index contributed by atoms with van der Waals surface area (Å²) in [6, 6.07) is 0.349. The summed E-state index contributed by atoms with van der Waals surface area (Å²) in [6.07, 6.45) is 4.73. The number of methoxy groups -OCH3 is 1. The number of hydrogen-bond acceptors (Lipinski definition) is 7. The zero-order valence-corrected chi connectivity index (χ0v) is 17.6. The zero-order chi connectivity index (χ0) is 20.3. The van der Waals surface area contributed by atoms with Crippen molar-refractivity contribution in [2.75, 3.05) is 13.7 Å². The molecule has 29 heavy (non-hydrogen) atoms. The Bertz CT molecular complexity index is 813. The molecule has 6 rings (SSSR count). The maximum atomic E-state index is 12.2. The Kier molecular flexibility index (Phi) is 3.56. The summed E-state index contributed by atoms with van der Waals surface area (Å²) < 4.78 is 24.4. The van der Waals surface area contributed by atoms with E-state index in [2.05, 4.69) is 11.8 Å². The molecule has 1 spiro atoms. The van der Waals surface area contributed by atoms with Crippen molar-refractivity contribution in [3.8, 4) is 0 Å². The largest absolute Gasteiger partial charge is 0.496 e. The summed E-state index contributed by atoms with van der Waals surface area (Å²) in [5.74, 6) is -2.46. The SMILES string of the molecule is CCCCC12C3CC4C5C(C)C(O)(C6OC(=O)C(C)=C6OC)OC5(O3)C1CCN42. The monoisotopic (exact) mass is 405 g/mol. The van der Waals surface area contributed by atoms with Gasteiger partial charge in [0.2, 0.25) is 11.9 Å². The molecule has 10 unspecified atom stereocenters. The minimum absolute atomic E-state index is 0.0460. The zero-order valence-electron chi connectivity index (χ0n) is 17.6. The Labute approximate surface area is 171 Å². The fourth-order valence-corrected chi connectivity index (χ4v) is 8.05. The molecular weight excluding hydrogens is 374 g/mol. The maximum absolute atomic E-state index is 12.2. The fraction of sp³-hybridized carbons (Fsp3) is 0.864. The summed E-state index contributed by atoms with van der Waals surface area (Å²) >= 11 is 0. The summed E-state index contributed by atoms with van der Waals surface area (Å²) in [6.45, 7) is 7.01. The number of fused-ring (bicyclic) bond motifs is 1. The number of carbonyl (C=O) groups is 1. The average molecular weight is 405 g/mol. The Morgan fingerprint density at radius 1 is 1.38 bits per heavy atom. The van der Waals surface area contributed by atoms with Gasteiger partial charge in [0.15, 0.2) is 11.5 Å². The van der Waals surface area contributed by atoms with E-state index in [1.165, 1.54) is 13.5 Å². The minimum Gasteiger partial charge on any atom is -0.496 e. The highest BCUT2D eigenvalue weighted by Gasteiger charge is 2.86. The molecule has 0 aromatic carbocycles. The second-order valence-corrected chi connectivity index (χ2v) is 9.91. The van der Waals surface area contributed by atoms with Gasteiger partial charge in [-0.3, -0.25) is 4.90 Å². The van der Waals surface area contributed by atoms with Crippen LogP contribution in [0.3, 0.4) is 0 Å². The molecule has 10 atom stereocenters. The molecule has 7 heteroatoms. The van der Waals surface area contributed by atoms with Gasteiger partial charge in [0.1, 0.15) is 0 Å². The van der Waals surface area contributed by atoms with Crippen molar-refractivity contribution in [1.82, 2.24) is 4.90 Å². The number of ether oxygens (including phenoxy) is 4. The Morgan fingerprint density at radius 3 is 2.90 bits per heavy atom. The lowest BCUT2D eigenvalue weighted by molar-refractivity contribution is -0.349. The molecule has 0 aliphatic carbocycles. The molecule has 0 aromatic rings. The van der Waals surface area contributed by atoms with Crippen LogP contribution in [-0.4, -0.2) is 65.0 Å². The van der Waals surface area contributed by atoms with Crippen LogP contribution in [0.15, 0.2) is 11.3 Å². The van der Waals surface area contributed by atoms with Crippen LogP contribution in [0.25, 0.3) is 0 Å². The standard InChI is InChI=1S/C22H31NO6/c1-5-6-8-20-14-7-9-23(20)13-10-15(20)28-22(14)16(13)12(3)21(25,29-22)18-17(26-4)11(2)19(24)27-18/h12-16,18,25H,5-10H2,1-4H3. The van der Waals surface area contributed by atoms with E-state index in [9.17, 15) is 9.90 Å². The lowest BCUT2D eigenvalue weighted by atomic mass is 9.68. The van der Waals surface area contributed by atoms with Crippen molar-refractivity contribution in [3.63, 3.8) is 0 Å². The van der Waals surface area contributed by atoms with E-state index in [1.54, 1.807) is 6.92 Å². The second-order valence-electron chi connectivity index (χ2n) is 9.91. The number of carbonyl (C=O) groups excluding carboxylic acids is 1. The molecule has 1 N–H and O–H groups in total. The highest BCUT2D eigenvalue weighted by atomic mass is 16.8. The van der Waals surface area contributed by atoms with Crippen molar-refractivity contribution in [2.45, 2.75) is 88.2 Å². The normalized spacial score (nSPS) is 56.4. The maximum Gasteiger partial charge on any atom is 0.338 e. The van der Waals surface area contributed by atoms with Crippen LogP contribution in [0.1, 0.15) is 52.9 Å². The Morgan fingerprint density at radius 2 is 2.17 bits per heavy atom.